The van der Waals surface area contributed by atoms with Crippen LogP contribution in [0.4, 0.5) is 4.79 Å². The molecule has 0 bridgehead atoms. The smallest absolute Gasteiger partial charge is 0.410 e. The molecule has 1 fully saturated rings. The van der Waals surface area contributed by atoms with E-state index in [2.05, 4.69) is 5.32 Å². The number of benzene rings is 1. The van der Waals surface area contributed by atoms with Crippen molar-refractivity contribution in [1.29, 1.82) is 0 Å². The molecule has 1 amide bonds. The summed E-state index contributed by atoms with van der Waals surface area (Å²) < 4.78 is 5.29. The van der Waals surface area contributed by atoms with Gasteiger partial charge >= 0.3 is 6.09 Å². The Balaban J connectivity index is 1.76. The molecule has 0 saturated carbocycles. The van der Waals surface area contributed by atoms with Crippen molar-refractivity contribution in [3.63, 3.8) is 0 Å². The van der Waals surface area contributed by atoms with Gasteiger partial charge < -0.3 is 20.1 Å². The van der Waals surface area contributed by atoms with Gasteiger partial charge in [0.25, 0.3) is 0 Å². The van der Waals surface area contributed by atoms with Crippen LogP contribution < -0.4 is 5.32 Å². The second-order valence-corrected chi connectivity index (χ2v) is 6.67. The summed E-state index contributed by atoms with van der Waals surface area (Å²) in [6.45, 7) is 7.28. The standard InChI is InChI=1S/C15H21ClN2O3/c1-15(2,3)21-14(20)18-8-12(9-18)17-7-10-6-11(16)4-5-13(10)19/h4-6,12,17,19H,7-9H2,1-3H3. The molecule has 5 nitrogen and oxygen atoms in total. The van der Waals surface area contributed by atoms with E-state index in [1.807, 2.05) is 20.8 Å². The lowest BCUT2D eigenvalue weighted by Gasteiger charge is -2.40. The number of hydrogen-bond acceptors (Lipinski definition) is 4. The molecule has 116 valence electrons. The van der Waals surface area contributed by atoms with E-state index < -0.39 is 5.60 Å². The highest BCUT2D eigenvalue weighted by Gasteiger charge is 2.33. The zero-order valence-electron chi connectivity index (χ0n) is 12.5. The van der Waals surface area contributed by atoms with Crippen molar-refractivity contribution in [2.24, 2.45) is 0 Å². The third kappa shape index (κ3) is 4.51. The summed E-state index contributed by atoms with van der Waals surface area (Å²) >= 11 is 5.90. The molecule has 0 radical (unpaired) electrons. The van der Waals surface area contributed by atoms with Crippen LogP contribution in [-0.4, -0.2) is 40.8 Å². The van der Waals surface area contributed by atoms with Gasteiger partial charge in [0, 0.05) is 36.3 Å². The Morgan fingerprint density at radius 2 is 2.14 bits per heavy atom. The third-order valence-electron chi connectivity index (χ3n) is 3.16. The highest BCUT2D eigenvalue weighted by molar-refractivity contribution is 6.30. The highest BCUT2D eigenvalue weighted by atomic mass is 35.5. The fourth-order valence-electron chi connectivity index (χ4n) is 2.03. The van der Waals surface area contributed by atoms with Gasteiger partial charge in [-0.05, 0) is 39.0 Å². The van der Waals surface area contributed by atoms with Crippen molar-refractivity contribution in [1.82, 2.24) is 10.2 Å². The van der Waals surface area contributed by atoms with Crippen LogP contribution in [0.25, 0.3) is 0 Å². The summed E-state index contributed by atoms with van der Waals surface area (Å²) in [7, 11) is 0. The van der Waals surface area contributed by atoms with Gasteiger partial charge in [0.15, 0.2) is 0 Å². The Labute approximate surface area is 129 Å². The van der Waals surface area contributed by atoms with Gasteiger partial charge in [0.05, 0.1) is 0 Å². The molecule has 0 atom stereocenters. The minimum absolute atomic E-state index is 0.205. The Morgan fingerprint density at radius 1 is 1.48 bits per heavy atom. The van der Waals surface area contributed by atoms with E-state index in [0.717, 1.165) is 5.56 Å². The topological polar surface area (TPSA) is 61.8 Å². The van der Waals surface area contributed by atoms with Crippen molar-refractivity contribution in [2.45, 2.75) is 39.0 Å². The summed E-state index contributed by atoms with van der Waals surface area (Å²) in [5, 5.41) is 13.6. The third-order valence-corrected chi connectivity index (χ3v) is 3.39. The number of nitrogens with one attached hydrogen (secondary N) is 1. The largest absolute Gasteiger partial charge is 0.508 e. The second kappa shape index (κ2) is 6.12. The number of amides is 1. The lowest BCUT2D eigenvalue weighted by molar-refractivity contribution is 0.00516. The molecule has 6 heteroatoms. The van der Waals surface area contributed by atoms with Gasteiger partial charge in [-0.2, -0.15) is 0 Å². The van der Waals surface area contributed by atoms with Gasteiger partial charge in [0.1, 0.15) is 11.4 Å². The quantitative estimate of drug-likeness (QED) is 0.901. The number of hydrogen-bond donors (Lipinski definition) is 2. The molecule has 2 N–H and O–H groups in total. The number of halogens is 1. The first-order chi connectivity index (χ1) is 9.74. The van der Waals surface area contributed by atoms with Gasteiger partial charge in [-0.1, -0.05) is 11.6 Å². The molecule has 1 aliphatic rings. The average Bonchev–Trinajstić information content (AvgIpc) is 2.29. The van der Waals surface area contributed by atoms with Crippen molar-refractivity contribution in [3.8, 4) is 5.75 Å². The molecule has 1 aromatic rings. The first-order valence-electron chi connectivity index (χ1n) is 6.93. The number of nitrogens with zero attached hydrogens (tertiary/aromatic N) is 1. The molecule has 0 aromatic heterocycles. The van der Waals surface area contributed by atoms with Crippen molar-refractivity contribution in [3.05, 3.63) is 28.8 Å². The molecule has 0 spiro atoms. The van der Waals surface area contributed by atoms with E-state index in [4.69, 9.17) is 16.3 Å². The number of ether oxygens (including phenoxy) is 1. The van der Waals surface area contributed by atoms with Crippen LogP contribution in [0.3, 0.4) is 0 Å². The molecule has 1 aliphatic heterocycles. The predicted octanol–water partition coefficient (Wildman–Crippen LogP) is 2.75. The average molecular weight is 313 g/mol. The summed E-state index contributed by atoms with van der Waals surface area (Å²) in [4.78, 5) is 13.4. The van der Waals surface area contributed by atoms with Crippen molar-refractivity contribution < 1.29 is 14.6 Å². The Hall–Kier alpha value is -1.46. The van der Waals surface area contributed by atoms with Gasteiger partial charge in [-0.3, -0.25) is 0 Å². The molecular weight excluding hydrogens is 292 g/mol. The molecule has 21 heavy (non-hydrogen) atoms. The van der Waals surface area contributed by atoms with Crippen LogP contribution in [0.2, 0.25) is 5.02 Å². The van der Waals surface area contributed by atoms with Gasteiger partial charge in [-0.15, -0.1) is 0 Å². The molecule has 1 saturated heterocycles. The van der Waals surface area contributed by atoms with E-state index >= 15 is 0 Å². The fraction of sp³-hybridized carbons (Fsp3) is 0.533. The molecular formula is C15H21ClN2O3. The summed E-state index contributed by atoms with van der Waals surface area (Å²) in [6, 6.07) is 5.16. The zero-order valence-corrected chi connectivity index (χ0v) is 13.3. The number of aromatic hydroxyl groups is 1. The van der Waals surface area contributed by atoms with E-state index in [1.54, 1.807) is 23.1 Å². The van der Waals surface area contributed by atoms with Crippen molar-refractivity contribution in [2.75, 3.05) is 13.1 Å². The lowest BCUT2D eigenvalue weighted by atomic mass is 10.1. The normalized spacial score (nSPS) is 15.7. The van der Waals surface area contributed by atoms with Crippen molar-refractivity contribution >= 4 is 17.7 Å². The van der Waals surface area contributed by atoms with E-state index in [-0.39, 0.29) is 17.9 Å². The maximum atomic E-state index is 11.8. The summed E-state index contributed by atoms with van der Waals surface area (Å²) in [5.74, 6) is 0.218. The van der Waals surface area contributed by atoms with Crippen LogP contribution in [-0.2, 0) is 11.3 Å². The minimum atomic E-state index is -0.470. The molecule has 2 rings (SSSR count). The predicted molar refractivity (Wildman–Crippen MR) is 81.6 cm³/mol. The Morgan fingerprint density at radius 3 is 2.76 bits per heavy atom. The molecule has 0 aliphatic carbocycles. The zero-order chi connectivity index (χ0) is 15.6. The maximum Gasteiger partial charge on any atom is 0.410 e. The lowest BCUT2D eigenvalue weighted by Crippen LogP contribution is -2.60. The van der Waals surface area contributed by atoms with Gasteiger partial charge in [-0.25, -0.2) is 4.79 Å². The monoisotopic (exact) mass is 312 g/mol. The van der Waals surface area contributed by atoms with Crippen LogP contribution in [0, 0.1) is 0 Å². The number of phenols is 1. The summed E-state index contributed by atoms with van der Waals surface area (Å²) in [6.07, 6.45) is -0.286. The SMILES string of the molecule is CC(C)(C)OC(=O)N1CC(NCc2cc(Cl)ccc2O)C1. The van der Waals surface area contributed by atoms with Crippen LogP contribution >= 0.6 is 11.6 Å². The highest BCUT2D eigenvalue weighted by Crippen LogP contribution is 2.22. The minimum Gasteiger partial charge on any atom is -0.508 e. The maximum absolute atomic E-state index is 11.8. The number of phenolic OH excluding ortho intramolecular Hbond substituents is 1. The van der Waals surface area contributed by atoms with E-state index in [1.165, 1.54) is 0 Å². The second-order valence-electron chi connectivity index (χ2n) is 6.24. The summed E-state index contributed by atoms with van der Waals surface area (Å²) in [5.41, 5.74) is 0.278. The Kier molecular flexibility index (Phi) is 4.64. The molecule has 1 aromatic carbocycles. The van der Waals surface area contributed by atoms with Gasteiger partial charge in [0.2, 0.25) is 0 Å². The van der Waals surface area contributed by atoms with E-state index in [0.29, 0.717) is 24.7 Å². The van der Waals surface area contributed by atoms with Crippen LogP contribution in [0.1, 0.15) is 26.3 Å². The fourth-order valence-corrected chi connectivity index (χ4v) is 2.23. The number of likely N-dealkylation sites (tertiary alicyclic amines) is 1. The van der Waals surface area contributed by atoms with Crippen LogP contribution in [0.5, 0.6) is 5.75 Å². The Bertz CT molecular complexity index is 522. The molecule has 0 unspecified atom stereocenters. The first kappa shape index (κ1) is 15.9. The molecule has 1 heterocycles. The number of carbonyl (C=O) groups excluding carboxylic acids is 1. The number of rotatable bonds is 3. The van der Waals surface area contributed by atoms with E-state index in [9.17, 15) is 9.90 Å². The van der Waals surface area contributed by atoms with Crippen LogP contribution in [0.15, 0.2) is 18.2 Å². The number of carbonyl (C=O) groups is 1. The first-order valence-corrected chi connectivity index (χ1v) is 7.31.